The van der Waals surface area contributed by atoms with E-state index in [0.717, 1.165) is 28.5 Å². The first kappa shape index (κ1) is 12.2. The van der Waals surface area contributed by atoms with Crippen molar-refractivity contribution < 1.29 is 0 Å². The van der Waals surface area contributed by atoms with Crippen LogP contribution in [0.5, 0.6) is 0 Å². The van der Waals surface area contributed by atoms with Gasteiger partial charge < -0.3 is 0 Å². The van der Waals surface area contributed by atoms with Gasteiger partial charge in [0.25, 0.3) is 0 Å². The molecule has 0 saturated heterocycles. The van der Waals surface area contributed by atoms with Gasteiger partial charge in [-0.15, -0.1) is 5.10 Å². The monoisotopic (exact) mass is 295 g/mol. The lowest BCUT2D eigenvalue weighted by atomic mass is 10.2. The van der Waals surface area contributed by atoms with Crippen LogP contribution >= 0.6 is 11.6 Å². The predicted octanol–water partition coefficient (Wildman–Crippen LogP) is 2.38. The first-order valence-electron chi connectivity index (χ1n) is 6.47. The minimum atomic E-state index is 0.660. The SMILES string of the molecule is CC#Cc1ncn2c1Cc1cnnn1-c1cc(Cl)ccc1-2. The highest BCUT2D eigenvalue weighted by Crippen LogP contribution is 2.30. The molecular formula is C15H10ClN5. The summed E-state index contributed by atoms with van der Waals surface area (Å²) >= 11 is 6.14. The fourth-order valence-corrected chi connectivity index (χ4v) is 2.76. The molecule has 6 heteroatoms. The highest BCUT2D eigenvalue weighted by Gasteiger charge is 2.22. The van der Waals surface area contributed by atoms with Crippen molar-refractivity contribution in [3.05, 3.63) is 52.8 Å². The summed E-state index contributed by atoms with van der Waals surface area (Å²) in [7, 11) is 0. The van der Waals surface area contributed by atoms with E-state index in [0.29, 0.717) is 11.4 Å². The zero-order valence-corrected chi connectivity index (χ0v) is 12.0. The molecule has 102 valence electrons. The molecule has 3 heterocycles. The van der Waals surface area contributed by atoms with Crippen molar-refractivity contribution in [2.24, 2.45) is 0 Å². The van der Waals surface area contributed by atoms with Crippen LogP contribution in [-0.4, -0.2) is 24.5 Å². The van der Waals surface area contributed by atoms with Gasteiger partial charge in [-0.2, -0.15) is 0 Å². The van der Waals surface area contributed by atoms with Gasteiger partial charge >= 0.3 is 0 Å². The zero-order valence-electron chi connectivity index (χ0n) is 11.2. The van der Waals surface area contributed by atoms with Gasteiger partial charge in [0, 0.05) is 11.4 Å². The summed E-state index contributed by atoms with van der Waals surface area (Å²) in [6, 6.07) is 5.70. The van der Waals surface area contributed by atoms with Crippen LogP contribution in [0, 0.1) is 11.8 Å². The summed E-state index contributed by atoms with van der Waals surface area (Å²) in [5.41, 5.74) is 4.66. The molecule has 0 saturated carbocycles. The maximum absolute atomic E-state index is 6.14. The van der Waals surface area contributed by atoms with E-state index in [-0.39, 0.29) is 0 Å². The highest BCUT2D eigenvalue weighted by atomic mass is 35.5. The Balaban J connectivity index is 2.08. The standard InChI is InChI=1S/C15H10ClN5/c1-2-3-12-14-7-11-8-18-19-21(11)15-6-10(16)4-5-13(15)20(14)9-17-12/h4-6,8-9H,7H2,1H3. The molecule has 0 radical (unpaired) electrons. The Kier molecular flexibility index (Phi) is 2.59. The number of rotatable bonds is 0. The summed E-state index contributed by atoms with van der Waals surface area (Å²) in [6.07, 6.45) is 4.22. The van der Waals surface area contributed by atoms with Gasteiger partial charge in [0.15, 0.2) is 0 Å². The minimum Gasteiger partial charge on any atom is -0.299 e. The summed E-state index contributed by atoms with van der Waals surface area (Å²) in [5, 5.41) is 8.85. The van der Waals surface area contributed by atoms with Gasteiger partial charge in [0.1, 0.15) is 12.0 Å². The van der Waals surface area contributed by atoms with Gasteiger partial charge in [-0.25, -0.2) is 9.67 Å². The Bertz CT molecular complexity index is 910. The van der Waals surface area contributed by atoms with Crippen LogP contribution < -0.4 is 0 Å². The quantitative estimate of drug-likeness (QED) is 0.468. The number of aromatic nitrogens is 5. The van der Waals surface area contributed by atoms with Crippen molar-refractivity contribution >= 4 is 11.6 Å². The number of nitrogens with zero attached hydrogens (tertiary/aromatic N) is 5. The molecule has 4 rings (SSSR count). The molecule has 0 spiro atoms. The van der Waals surface area contributed by atoms with E-state index in [4.69, 9.17) is 11.6 Å². The molecule has 21 heavy (non-hydrogen) atoms. The lowest BCUT2D eigenvalue weighted by molar-refractivity contribution is 0.778. The zero-order chi connectivity index (χ0) is 14.4. The van der Waals surface area contributed by atoms with Crippen LogP contribution in [0.4, 0.5) is 0 Å². The normalized spacial score (nSPS) is 11.7. The van der Waals surface area contributed by atoms with Crippen molar-refractivity contribution in [1.29, 1.82) is 0 Å². The second kappa shape index (κ2) is 4.47. The van der Waals surface area contributed by atoms with Crippen LogP contribution in [0.15, 0.2) is 30.7 Å². The van der Waals surface area contributed by atoms with Crippen molar-refractivity contribution in [1.82, 2.24) is 24.5 Å². The fraction of sp³-hybridized carbons (Fsp3) is 0.133. The van der Waals surface area contributed by atoms with E-state index >= 15 is 0 Å². The average molecular weight is 296 g/mol. The molecule has 1 aliphatic rings. The van der Waals surface area contributed by atoms with Gasteiger partial charge in [-0.1, -0.05) is 22.7 Å². The second-order valence-electron chi connectivity index (χ2n) is 4.73. The van der Waals surface area contributed by atoms with E-state index in [1.54, 1.807) is 12.5 Å². The van der Waals surface area contributed by atoms with Gasteiger partial charge in [0.2, 0.25) is 0 Å². The Morgan fingerprint density at radius 1 is 1.29 bits per heavy atom. The van der Waals surface area contributed by atoms with Crippen LogP contribution in [0.1, 0.15) is 24.0 Å². The molecule has 0 atom stereocenters. The molecule has 5 nitrogen and oxygen atoms in total. The van der Waals surface area contributed by atoms with E-state index in [1.807, 2.05) is 34.4 Å². The molecule has 1 aliphatic heterocycles. The van der Waals surface area contributed by atoms with Gasteiger partial charge in [0.05, 0.1) is 29.0 Å². The number of hydrogen-bond donors (Lipinski definition) is 0. The first-order valence-corrected chi connectivity index (χ1v) is 6.84. The van der Waals surface area contributed by atoms with Crippen LogP contribution in [0.3, 0.4) is 0 Å². The van der Waals surface area contributed by atoms with E-state index in [1.165, 1.54) is 0 Å². The third-order valence-corrected chi connectivity index (χ3v) is 3.74. The lowest BCUT2D eigenvalue weighted by Crippen LogP contribution is -2.03. The Hall–Kier alpha value is -2.58. The Morgan fingerprint density at radius 2 is 2.19 bits per heavy atom. The number of hydrogen-bond acceptors (Lipinski definition) is 3. The molecule has 0 fully saturated rings. The smallest absolute Gasteiger partial charge is 0.135 e. The van der Waals surface area contributed by atoms with Gasteiger partial charge in [-0.3, -0.25) is 4.57 Å². The summed E-state index contributed by atoms with van der Waals surface area (Å²) in [5.74, 6) is 5.96. The maximum atomic E-state index is 6.14. The second-order valence-corrected chi connectivity index (χ2v) is 5.17. The van der Waals surface area contributed by atoms with Crippen LogP contribution in [-0.2, 0) is 6.42 Å². The molecule has 0 unspecified atom stereocenters. The number of fused-ring (bicyclic) bond motifs is 5. The highest BCUT2D eigenvalue weighted by molar-refractivity contribution is 6.30. The van der Waals surface area contributed by atoms with Crippen LogP contribution in [0.25, 0.3) is 11.4 Å². The van der Waals surface area contributed by atoms with Crippen molar-refractivity contribution in [3.63, 3.8) is 0 Å². The lowest BCUT2D eigenvalue weighted by Gasteiger charge is -2.09. The van der Waals surface area contributed by atoms with Crippen LogP contribution in [0.2, 0.25) is 5.02 Å². The molecule has 1 aromatic carbocycles. The molecule has 0 N–H and O–H groups in total. The Labute approximate surface area is 126 Å². The average Bonchev–Trinajstić information content (AvgIpc) is 3.06. The third-order valence-electron chi connectivity index (χ3n) is 3.50. The van der Waals surface area contributed by atoms with E-state index < -0.39 is 0 Å². The maximum Gasteiger partial charge on any atom is 0.135 e. The number of imidazole rings is 1. The minimum absolute atomic E-state index is 0.660. The topological polar surface area (TPSA) is 48.5 Å². The predicted molar refractivity (Wildman–Crippen MR) is 78.8 cm³/mol. The largest absolute Gasteiger partial charge is 0.299 e. The molecule has 0 aliphatic carbocycles. The van der Waals surface area contributed by atoms with Gasteiger partial charge in [-0.05, 0) is 31.0 Å². The third kappa shape index (κ3) is 1.77. The van der Waals surface area contributed by atoms with Crippen molar-refractivity contribution in [2.45, 2.75) is 13.3 Å². The van der Waals surface area contributed by atoms with Crippen molar-refractivity contribution in [3.8, 4) is 23.2 Å². The summed E-state index contributed by atoms with van der Waals surface area (Å²) < 4.78 is 3.86. The molecule has 2 aromatic heterocycles. The Morgan fingerprint density at radius 3 is 3.05 bits per heavy atom. The first-order chi connectivity index (χ1) is 10.3. The molecular weight excluding hydrogens is 286 g/mol. The number of halogens is 1. The number of benzene rings is 1. The molecule has 0 amide bonds. The fourth-order valence-electron chi connectivity index (χ4n) is 2.59. The molecule has 3 aromatic rings. The van der Waals surface area contributed by atoms with E-state index in [9.17, 15) is 0 Å². The summed E-state index contributed by atoms with van der Waals surface area (Å²) in [4.78, 5) is 4.41. The van der Waals surface area contributed by atoms with E-state index in [2.05, 4.69) is 27.1 Å². The van der Waals surface area contributed by atoms with Crippen molar-refractivity contribution in [2.75, 3.05) is 0 Å². The molecule has 0 bridgehead atoms. The summed E-state index contributed by atoms with van der Waals surface area (Å²) in [6.45, 7) is 1.81.